The summed E-state index contributed by atoms with van der Waals surface area (Å²) in [4.78, 5) is 6.50. The smallest absolute Gasteiger partial charge is 0.0397 e. The van der Waals surface area contributed by atoms with Gasteiger partial charge in [0.25, 0.3) is 0 Å². The summed E-state index contributed by atoms with van der Waals surface area (Å²) in [5.74, 6) is 2.76. The second-order valence-corrected chi connectivity index (χ2v) is 5.15. The summed E-state index contributed by atoms with van der Waals surface area (Å²) in [6.07, 6.45) is 13.4. The molecule has 1 N–H and O–H groups in total. The third-order valence-electron chi connectivity index (χ3n) is 3.85. The van der Waals surface area contributed by atoms with Crippen LogP contribution < -0.4 is 10.2 Å². The van der Waals surface area contributed by atoms with Crippen molar-refractivity contribution < 1.29 is 0 Å². The molecular weight excluding hydrogens is 234 g/mol. The van der Waals surface area contributed by atoms with Crippen LogP contribution in [0.2, 0.25) is 0 Å². The van der Waals surface area contributed by atoms with Gasteiger partial charge in [-0.1, -0.05) is 6.92 Å². The van der Waals surface area contributed by atoms with E-state index in [2.05, 4.69) is 40.2 Å². The van der Waals surface area contributed by atoms with Gasteiger partial charge in [-0.15, -0.1) is 12.3 Å². The number of nitrogens with zero attached hydrogens (tertiary/aromatic N) is 2. The number of rotatable bonds is 5. The molecule has 1 atom stereocenters. The van der Waals surface area contributed by atoms with Crippen LogP contribution in [0.4, 0.5) is 5.69 Å². The van der Waals surface area contributed by atoms with Gasteiger partial charge in [0.15, 0.2) is 0 Å². The fourth-order valence-corrected chi connectivity index (χ4v) is 2.66. The fourth-order valence-electron chi connectivity index (χ4n) is 2.66. The number of nitrogens with one attached hydrogen (secondary N) is 1. The molecular formula is C16H23N3. The summed E-state index contributed by atoms with van der Waals surface area (Å²) in [6.45, 7) is 4.41. The van der Waals surface area contributed by atoms with Gasteiger partial charge in [-0.3, -0.25) is 4.98 Å². The van der Waals surface area contributed by atoms with Crippen LogP contribution in [-0.2, 0) is 0 Å². The number of terminal acetylenes is 1. The zero-order chi connectivity index (χ0) is 13.5. The van der Waals surface area contributed by atoms with Gasteiger partial charge in [-0.2, -0.15) is 0 Å². The molecule has 1 saturated heterocycles. The maximum absolute atomic E-state index is 5.40. The second kappa shape index (κ2) is 7.16. The molecule has 102 valence electrons. The first-order chi connectivity index (χ1) is 9.33. The van der Waals surface area contributed by atoms with Gasteiger partial charge in [0.05, 0.1) is 0 Å². The van der Waals surface area contributed by atoms with Gasteiger partial charge in [-0.25, -0.2) is 0 Å². The highest BCUT2D eigenvalue weighted by atomic mass is 15.1. The normalized spacial score (nSPS) is 18.0. The lowest BCUT2D eigenvalue weighted by Gasteiger charge is -2.35. The lowest BCUT2D eigenvalue weighted by Crippen LogP contribution is -2.46. The minimum absolute atomic E-state index is 0.475. The summed E-state index contributed by atoms with van der Waals surface area (Å²) in [5, 5.41) is 3.70. The predicted octanol–water partition coefficient (Wildman–Crippen LogP) is 2.44. The maximum atomic E-state index is 5.40. The second-order valence-electron chi connectivity index (χ2n) is 5.15. The fraction of sp³-hybridized carbons (Fsp3) is 0.562. The highest BCUT2D eigenvalue weighted by molar-refractivity contribution is 5.44. The molecule has 1 unspecified atom stereocenters. The Balaban J connectivity index is 1.81. The Hall–Kier alpha value is -1.53. The highest BCUT2D eigenvalue weighted by Crippen LogP contribution is 2.19. The van der Waals surface area contributed by atoms with Gasteiger partial charge in [0, 0.05) is 49.7 Å². The molecule has 1 aliphatic heterocycles. The molecule has 0 spiro atoms. The molecule has 0 amide bonds. The van der Waals surface area contributed by atoms with Crippen LogP contribution in [0.3, 0.4) is 0 Å². The van der Waals surface area contributed by atoms with Crippen molar-refractivity contribution in [1.29, 1.82) is 0 Å². The standard InChI is InChI=1S/C16H23N3/c1-3-5-14(4-2)18-15-8-12-19(13-9-15)16-6-10-17-11-7-16/h1,6-7,10-11,14-15,18H,4-5,8-9,12-13H2,2H3. The summed E-state index contributed by atoms with van der Waals surface area (Å²) in [5.41, 5.74) is 1.28. The van der Waals surface area contributed by atoms with Crippen molar-refractivity contribution in [3.05, 3.63) is 24.5 Å². The zero-order valence-corrected chi connectivity index (χ0v) is 11.7. The van der Waals surface area contributed by atoms with E-state index in [0.29, 0.717) is 12.1 Å². The van der Waals surface area contributed by atoms with Crippen LogP contribution in [0.15, 0.2) is 24.5 Å². The Kier molecular flexibility index (Phi) is 5.23. The van der Waals surface area contributed by atoms with E-state index < -0.39 is 0 Å². The molecule has 1 aliphatic rings. The van der Waals surface area contributed by atoms with Crippen LogP contribution in [0, 0.1) is 12.3 Å². The van der Waals surface area contributed by atoms with E-state index in [4.69, 9.17) is 6.42 Å². The predicted molar refractivity (Wildman–Crippen MR) is 80.1 cm³/mol. The number of pyridine rings is 1. The molecule has 1 aromatic heterocycles. The molecule has 2 rings (SSSR count). The largest absolute Gasteiger partial charge is 0.371 e. The number of hydrogen-bond acceptors (Lipinski definition) is 3. The molecule has 2 heterocycles. The Morgan fingerprint density at radius 3 is 2.68 bits per heavy atom. The van der Waals surface area contributed by atoms with E-state index in [1.807, 2.05) is 12.4 Å². The monoisotopic (exact) mass is 257 g/mol. The van der Waals surface area contributed by atoms with Crippen molar-refractivity contribution in [1.82, 2.24) is 10.3 Å². The lowest BCUT2D eigenvalue weighted by molar-refractivity contribution is 0.362. The average molecular weight is 257 g/mol. The molecule has 0 aromatic carbocycles. The first-order valence-corrected chi connectivity index (χ1v) is 7.18. The van der Waals surface area contributed by atoms with Crippen molar-refractivity contribution in [3.63, 3.8) is 0 Å². The Morgan fingerprint density at radius 1 is 1.42 bits per heavy atom. The number of anilines is 1. The van der Waals surface area contributed by atoms with Crippen LogP contribution in [0.25, 0.3) is 0 Å². The SMILES string of the molecule is C#CCC(CC)NC1CCN(c2ccncc2)CC1. The van der Waals surface area contributed by atoms with E-state index in [9.17, 15) is 0 Å². The lowest BCUT2D eigenvalue weighted by atomic mass is 10.0. The summed E-state index contributed by atoms with van der Waals surface area (Å²) < 4.78 is 0. The van der Waals surface area contributed by atoms with Crippen LogP contribution in [-0.4, -0.2) is 30.2 Å². The third-order valence-corrected chi connectivity index (χ3v) is 3.85. The van der Waals surface area contributed by atoms with Gasteiger partial charge in [-0.05, 0) is 31.4 Å². The molecule has 3 heteroatoms. The summed E-state index contributed by atoms with van der Waals surface area (Å²) in [7, 11) is 0. The molecule has 0 aliphatic carbocycles. The first-order valence-electron chi connectivity index (χ1n) is 7.18. The van der Waals surface area contributed by atoms with Gasteiger partial charge in [0.2, 0.25) is 0 Å². The molecule has 19 heavy (non-hydrogen) atoms. The third kappa shape index (κ3) is 3.97. The molecule has 0 saturated carbocycles. The number of hydrogen-bond donors (Lipinski definition) is 1. The van der Waals surface area contributed by atoms with Crippen molar-refractivity contribution >= 4 is 5.69 Å². The van der Waals surface area contributed by atoms with E-state index in [0.717, 1.165) is 25.9 Å². The van der Waals surface area contributed by atoms with Gasteiger partial charge >= 0.3 is 0 Å². The van der Waals surface area contributed by atoms with E-state index in [-0.39, 0.29) is 0 Å². The zero-order valence-electron chi connectivity index (χ0n) is 11.7. The van der Waals surface area contributed by atoms with Crippen LogP contribution in [0.1, 0.15) is 32.6 Å². The first kappa shape index (κ1) is 13.9. The quantitative estimate of drug-likeness (QED) is 0.821. The molecule has 0 bridgehead atoms. The molecule has 1 fully saturated rings. The maximum Gasteiger partial charge on any atom is 0.0397 e. The van der Waals surface area contributed by atoms with Crippen molar-refractivity contribution in [2.24, 2.45) is 0 Å². The van der Waals surface area contributed by atoms with Crippen molar-refractivity contribution in [2.75, 3.05) is 18.0 Å². The van der Waals surface area contributed by atoms with E-state index in [1.165, 1.54) is 18.5 Å². The Morgan fingerprint density at radius 2 is 2.11 bits per heavy atom. The van der Waals surface area contributed by atoms with Gasteiger partial charge < -0.3 is 10.2 Å². The molecule has 1 aromatic rings. The number of aromatic nitrogens is 1. The number of piperidine rings is 1. The summed E-state index contributed by atoms with van der Waals surface area (Å²) in [6, 6.07) is 5.25. The van der Waals surface area contributed by atoms with Crippen LogP contribution in [0.5, 0.6) is 0 Å². The van der Waals surface area contributed by atoms with Crippen molar-refractivity contribution in [3.8, 4) is 12.3 Å². The van der Waals surface area contributed by atoms with E-state index >= 15 is 0 Å². The minimum Gasteiger partial charge on any atom is -0.371 e. The van der Waals surface area contributed by atoms with E-state index in [1.54, 1.807) is 0 Å². The highest BCUT2D eigenvalue weighted by Gasteiger charge is 2.20. The summed E-state index contributed by atoms with van der Waals surface area (Å²) >= 11 is 0. The van der Waals surface area contributed by atoms with Crippen molar-refractivity contribution in [2.45, 2.75) is 44.7 Å². The van der Waals surface area contributed by atoms with Crippen LogP contribution >= 0.6 is 0 Å². The van der Waals surface area contributed by atoms with Gasteiger partial charge in [0.1, 0.15) is 0 Å². The topological polar surface area (TPSA) is 28.2 Å². The molecule has 0 radical (unpaired) electrons. The minimum atomic E-state index is 0.475. The average Bonchev–Trinajstić information content (AvgIpc) is 2.48. The Bertz CT molecular complexity index is 402. The molecule has 3 nitrogen and oxygen atoms in total. The Labute approximate surface area is 116 Å².